The number of hydrogen-bond donors (Lipinski definition) is 1. The number of carbonyl (C=O) groups is 1. The number of piperidine rings is 1. The fourth-order valence-corrected chi connectivity index (χ4v) is 5.49. The number of rotatable bonds is 4. The SMILES string of the molecule is O=C(Nc1ccccc1S(=O)(=O)N1CCCCC1)c1cc2cccc(Br)c2o1. The summed E-state index contributed by atoms with van der Waals surface area (Å²) in [6, 6.07) is 13.6. The minimum Gasteiger partial charge on any atom is -0.450 e. The summed E-state index contributed by atoms with van der Waals surface area (Å²) in [5.74, 6) is -0.378. The maximum Gasteiger partial charge on any atom is 0.291 e. The molecule has 8 heteroatoms. The Hall–Kier alpha value is -2.16. The van der Waals surface area contributed by atoms with E-state index < -0.39 is 15.9 Å². The van der Waals surface area contributed by atoms with E-state index in [2.05, 4.69) is 21.2 Å². The summed E-state index contributed by atoms with van der Waals surface area (Å²) in [5, 5.41) is 3.48. The van der Waals surface area contributed by atoms with E-state index in [0.29, 0.717) is 18.7 Å². The van der Waals surface area contributed by atoms with Crippen LogP contribution in [-0.4, -0.2) is 31.7 Å². The van der Waals surface area contributed by atoms with E-state index in [9.17, 15) is 13.2 Å². The lowest BCUT2D eigenvalue weighted by atomic mass is 10.2. The summed E-state index contributed by atoms with van der Waals surface area (Å²) in [5.41, 5.74) is 0.819. The highest BCUT2D eigenvalue weighted by Gasteiger charge is 2.28. The van der Waals surface area contributed by atoms with Crippen LogP contribution in [0.15, 0.2) is 62.3 Å². The second-order valence-electron chi connectivity index (χ2n) is 6.68. The number of nitrogens with zero attached hydrogens (tertiary/aromatic N) is 1. The third-order valence-electron chi connectivity index (χ3n) is 4.79. The van der Waals surface area contributed by atoms with Gasteiger partial charge in [0, 0.05) is 18.5 Å². The fraction of sp³-hybridized carbons (Fsp3) is 0.250. The van der Waals surface area contributed by atoms with Crippen LogP contribution in [0.5, 0.6) is 0 Å². The first-order valence-corrected chi connectivity index (χ1v) is 11.3. The fourth-order valence-electron chi connectivity index (χ4n) is 3.36. The van der Waals surface area contributed by atoms with Crippen molar-refractivity contribution >= 4 is 48.5 Å². The van der Waals surface area contributed by atoms with E-state index in [1.54, 1.807) is 24.3 Å². The third-order valence-corrected chi connectivity index (χ3v) is 7.37. The number of amides is 1. The van der Waals surface area contributed by atoms with Crippen molar-refractivity contribution in [3.8, 4) is 0 Å². The van der Waals surface area contributed by atoms with E-state index in [1.165, 1.54) is 10.4 Å². The Morgan fingerprint density at radius 3 is 2.54 bits per heavy atom. The van der Waals surface area contributed by atoms with E-state index >= 15 is 0 Å². The number of carbonyl (C=O) groups excluding carboxylic acids is 1. The van der Waals surface area contributed by atoms with Gasteiger partial charge in [-0.2, -0.15) is 4.31 Å². The molecule has 1 aliphatic heterocycles. The Morgan fingerprint density at radius 2 is 1.79 bits per heavy atom. The molecule has 2 heterocycles. The van der Waals surface area contributed by atoms with Gasteiger partial charge in [0.1, 0.15) is 10.5 Å². The number of furan rings is 1. The molecule has 1 saturated heterocycles. The van der Waals surface area contributed by atoms with Crippen LogP contribution in [0.3, 0.4) is 0 Å². The molecule has 0 spiro atoms. The molecule has 4 rings (SSSR count). The minimum atomic E-state index is -3.67. The lowest BCUT2D eigenvalue weighted by molar-refractivity contribution is 0.0998. The van der Waals surface area contributed by atoms with Gasteiger partial charge < -0.3 is 9.73 Å². The van der Waals surface area contributed by atoms with Gasteiger partial charge in [0.2, 0.25) is 10.0 Å². The van der Waals surface area contributed by atoms with Crippen LogP contribution in [0.1, 0.15) is 29.8 Å². The van der Waals surface area contributed by atoms with Crippen LogP contribution in [0.25, 0.3) is 11.0 Å². The molecule has 6 nitrogen and oxygen atoms in total. The highest BCUT2D eigenvalue weighted by atomic mass is 79.9. The van der Waals surface area contributed by atoms with Crippen molar-refractivity contribution in [2.24, 2.45) is 0 Å². The van der Waals surface area contributed by atoms with E-state index in [4.69, 9.17) is 4.42 Å². The molecule has 1 aliphatic rings. The molecular formula is C20H19BrN2O4S. The molecule has 1 amide bonds. The van der Waals surface area contributed by atoms with Gasteiger partial charge in [-0.15, -0.1) is 0 Å². The Morgan fingerprint density at radius 1 is 1.04 bits per heavy atom. The first-order valence-electron chi connectivity index (χ1n) is 9.05. The standard InChI is InChI=1S/C20H19BrN2O4S/c21-15-8-6-7-14-13-17(27-19(14)15)20(24)22-16-9-2-3-10-18(16)28(25,26)23-11-4-1-5-12-23/h2-3,6-10,13H,1,4-5,11-12H2,(H,22,24). The minimum absolute atomic E-state index is 0.0996. The molecule has 0 aliphatic carbocycles. The number of benzene rings is 2. The number of para-hydroxylation sites is 2. The molecule has 0 atom stereocenters. The number of halogens is 1. The van der Waals surface area contributed by atoms with Crippen molar-refractivity contribution in [3.05, 3.63) is 58.8 Å². The summed E-state index contributed by atoms with van der Waals surface area (Å²) < 4.78 is 34.0. The molecule has 1 N–H and O–H groups in total. The smallest absolute Gasteiger partial charge is 0.291 e. The van der Waals surface area contributed by atoms with Crippen LogP contribution in [-0.2, 0) is 10.0 Å². The molecule has 1 aromatic heterocycles. The van der Waals surface area contributed by atoms with Crippen molar-refractivity contribution in [1.82, 2.24) is 4.31 Å². The van der Waals surface area contributed by atoms with Crippen molar-refractivity contribution in [3.63, 3.8) is 0 Å². The second kappa shape index (κ2) is 7.69. The molecule has 146 valence electrons. The van der Waals surface area contributed by atoms with Crippen molar-refractivity contribution in [2.75, 3.05) is 18.4 Å². The Bertz CT molecular complexity index is 1130. The van der Waals surface area contributed by atoms with E-state index in [1.807, 2.05) is 18.2 Å². The first kappa shape index (κ1) is 19.2. The van der Waals surface area contributed by atoms with E-state index in [0.717, 1.165) is 29.1 Å². The third kappa shape index (κ3) is 3.59. The van der Waals surface area contributed by atoms with Crippen molar-refractivity contribution in [2.45, 2.75) is 24.2 Å². The molecule has 0 unspecified atom stereocenters. The lowest BCUT2D eigenvalue weighted by Crippen LogP contribution is -2.36. The average molecular weight is 463 g/mol. The summed E-state index contributed by atoms with van der Waals surface area (Å²) in [4.78, 5) is 12.8. The van der Waals surface area contributed by atoms with Gasteiger partial charge in [-0.05, 0) is 53.0 Å². The number of hydrogen-bond acceptors (Lipinski definition) is 4. The first-order chi connectivity index (χ1) is 13.5. The van der Waals surface area contributed by atoms with Crippen molar-refractivity contribution in [1.29, 1.82) is 0 Å². The zero-order chi connectivity index (χ0) is 19.7. The number of sulfonamides is 1. The maximum absolute atomic E-state index is 13.1. The zero-order valence-electron chi connectivity index (χ0n) is 15.0. The lowest BCUT2D eigenvalue weighted by Gasteiger charge is -2.26. The second-order valence-corrected chi connectivity index (χ2v) is 9.44. The number of anilines is 1. The molecule has 0 saturated carbocycles. The van der Waals surface area contributed by atoms with Gasteiger partial charge in [-0.3, -0.25) is 4.79 Å². The van der Waals surface area contributed by atoms with Gasteiger partial charge in [0.25, 0.3) is 5.91 Å². The van der Waals surface area contributed by atoms with Gasteiger partial charge in [0.15, 0.2) is 5.76 Å². The Labute approximate surface area is 171 Å². The molecular weight excluding hydrogens is 444 g/mol. The van der Waals surface area contributed by atoms with E-state index in [-0.39, 0.29) is 16.3 Å². The predicted molar refractivity (Wildman–Crippen MR) is 111 cm³/mol. The summed E-state index contributed by atoms with van der Waals surface area (Å²) in [6.45, 7) is 1.00. The highest BCUT2D eigenvalue weighted by molar-refractivity contribution is 9.10. The van der Waals surface area contributed by atoms with Crippen LogP contribution >= 0.6 is 15.9 Å². The predicted octanol–water partition coefficient (Wildman–Crippen LogP) is 4.62. The molecule has 1 fully saturated rings. The van der Waals surface area contributed by atoms with Crippen molar-refractivity contribution < 1.29 is 17.6 Å². The van der Waals surface area contributed by atoms with Crippen LogP contribution in [0.4, 0.5) is 5.69 Å². The Balaban J connectivity index is 1.64. The quantitative estimate of drug-likeness (QED) is 0.613. The summed E-state index contributed by atoms with van der Waals surface area (Å²) in [7, 11) is -3.67. The van der Waals surface area contributed by atoms with Gasteiger partial charge in [-0.25, -0.2) is 8.42 Å². The van der Waals surface area contributed by atoms with Gasteiger partial charge in [-0.1, -0.05) is 30.7 Å². The maximum atomic E-state index is 13.1. The van der Waals surface area contributed by atoms with Crippen LogP contribution in [0, 0.1) is 0 Å². The molecule has 3 aromatic rings. The normalized spacial score (nSPS) is 15.6. The molecule has 0 bridgehead atoms. The average Bonchev–Trinajstić information content (AvgIpc) is 3.15. The highest BCUT2D eigenvalue weighted by Crippen LogP contribution is 2.29. The van der Waals surface area contributed by atoms with Gasteiger partial charge >= 0.3 is 0 Å². The number of nitrogens with one attached hydrogen (secondary N) is 1. The molecule has 28 heavy (non-hydrogen) atoms. The largest absolute Gasteiger partial charge is 0.450 e. The zero-order valence-corrected chi connectivity index (χ0v) is 17.4. The monoisotopic (exact) mass is 462 g/mol. The van der Waals surface area contributed by atoms with Crippen LogP contribution < -0.4 is 5.32 Å². The molecule has 2 aromatic carbocycles. The van der Waals surface area contributed by atoms with Crippen LogP contribution in [0.2, 0.25) is 0 Å². The van der Waals surface area contributed by atoms with Gasteiger partial charge in [0.05, 0.1) is 10.2 Å². The summed E-state index contributed by atoms with van der Waals surface area (Å²) in [6.07, 6.45) is 2.73. The summed E-state index contributed by atoms with van der Waals surface area (Å²) >= 11 is 3.40. The molecule has 0 radical (unpaired) electrons. The Kier molecular flexibility index (Phi) is 5.27. The number of fused-ring (bicyclic) bond motifs is 1. The topological polar surface area (TPSA) is 79.6 Å².